The zero-order valence-corrected chi connectivity index (χ0v) is 24.0. The smallest absolute Gasteiger partial charge is 0.260 e. The van der Waals surface area contributed by atoms with Crippen molar-refractivity contribution in [3.8, 4) is 0 Å². The Hall–Kier alpha value is -2.04. The SMILES string of the molecule is Cc1cc(C)c2sc(N(CCN(C)C)C(=O)c3ccc(S(=O)(=O)N4CCCCC4C)cc3)nc2c1.Cl. The lowest BCUT2D eigenvalue weighted by Crippen LogP contribution is -2.41. The van der Waals surface area contributed by atoms with Crippen LogP contribution in [0.15, 0.2) is 41.3 Å². The van der Waals surface area contributed by atoms with Crippen molar-refractivity contribution in [2.75, 3.05) is 38.6 Å². The largest absolute Gasteiger partial charge is 0.308 e. The molecule has 1 atom stereocenters. The molecule has 2 heterocycles. The first kappa shape index (κ1) is 28.5. The maximum Gasteiger partial charge on any atom is 0.260 e. The number of aryl methyl sites for hydroxylation is 2. The number of aromatic nitrogens is 1. The fraction of sp³-hybridized carbons (Fsp3) is 0.462. The number of hydrogen-bond acceptors (Lipinski definition) is 6. The van der Waals surface area contributed by atoms with Crippen molar-refractivity contribution in [2.45, 2.75) is 51.0 Å². The Morgan fingerprint density at radius 2 is 1.81 bits per heavy atom. The molecule has 1 amide bonds. The Balaban J connectivity index is 0.00000361. The van der Waals surface area contributed by atoms with Gasteiger partial charge in [-0.15, -0.1) is 12.4 Å². The summed E-state index contributed by atoms with van der Waals surface area (Å²) in [7, 11) is 0.354. The fourth-order valence-corrected chi connectivity index (χ4v) is 7.29. The number of nitrogens with zero attached hydrogens (tertiary/aromatic N) is 4. The number of benzene rings is 2. The van der Waals surface area contributed by atoms with Gasteiger partial charge in [-0.1, -0.05) is 23.8 Å². The Bertz CT molecular complexity index is 1320. The van der Waals surface area contributed by atoms with Gasteiger partial charge in [0.15, 0.2) is 5.13 Å². The average molecular weight is 551 g/mol. The summed E-state index contributed by atoms with van der Waals surface area (Å²) in [6.45, 7) is 7.76. The van der Waals surface area contributed by atoms with Crippen LogP contribution in [0, 0.1) is 13.8 Å². The highest BCUT2D eigenvalue weighted by Crippen LogP contribution is 2.33. The van der Waals surface area contributed by atoms with E-state index in [4.69, 9.17) is 4.98 Å². The predicted octanol–water partition coefficient (Wildman–Crippen LogP) is 5.11. The zero-order valence-electron chi connectivity index (χ0n) is 21.5. The molecule has 7 nitrogen and oxygen atoms in total. The van der Waals surface area contributed by atoms with Crippen LogP contribution < -0.4 is 4.90 Å². The number of thiazole rings is 1. The Kier molecular flexibility index (Phi) is 9.16. The van der Waals surface area contributed by atoms with Crippen molar-refractivity contribution in [3.05, 3.63) is 53.1 Å². The Morgan fingerprint density at radius 3 is 2.44 bits per heavy atom. The maximum absolute atomic E-state index is 13.6. The first-order valence-corrected chi connectivity index (χ1v) is 14.3. The van der Waals surface area contributed by atoms with Gasteiger partial charge >= 0.3 is 0 Å². The highest BCUT2D eigenvalue weighted by molar-refractivity contribution is 7.89. The summed E-state index contributed by atoms with van der Waals surface area (Å²) in [5, 5.41) is 0.652. The fourth-order valence-electron chi connectivity index (χ4n) is 4.55. The lowest BCUT2D eigenvalue weighted by atomic mass is 10.1. The number of halogens is 1. The summed E-state index contributed by atoms with van der Waals surface area (Å²) in [5.41, 5.74) is 3.62. The third kappa shape index (κ3) is 5.92. The first-order chi connectivity index (χ1) is 16.6. The van der Waals surface area contributed by atoms with E-state index in [-0.39, 0.29) is 29.3 Å². The molecule has 4 rings (SSSR count). The first-order valence-electron chi connectivity index (χ1n) is 12.0. The topological polar surface area (TPSA) is 73.8 Å². The van der Waals surface area contributed by atoms with E-state index < -0.39 is 10.0 Å². The van der Waals surface area contributed by atoms with Gasteiger partial charge in [0.25, 0.3) is 5.91 Å². The molecule has 0 N–H and O–H groups in total. The zero-order chi connectivity index (χ0) is 25.3. The number of likely N-dealkylation sites (N-methyl/N-ethyl adjacent to an activating group) is 1. The van der Waals surface area contributed by atoms with Crippen LogP contribution in [0.1, 0.15) is 47.7 Å². The van der Waals surface area contributed by atoms with Crippen LogP contribution in [0.5, 0.6) is 0 Å². The molecule has 0 bridgehead atoms. The van der Waals surface area contributed by atoms with Crippen molar-refractivity contribution < 1.29 is 13.2 Å². The molecule has 2 aromatic carbocycles. The van der Waals surface area contributed by atoms with Gasteiger partial charge < -0.3 is 4.90 Å². The van der Waals surface area contributed by atoms with Crippen LogP contribution in [-0.2, 0) is 10.0 Å². The molecule has 1 aliphatic rings. The number of amides is 1. The molecule has 0 aliphatic carbocycles. The third-order valence-electron chi connectivity index (χ3n) is 6.51. The standard InChI is InChI=1S/C26H34N4O3S2.ClH/c1-18-16-19(2)24-23(17-18)27-26(34-24)29(15-14-28(4)5)25(31)21-9-11-22(12-10-21)35(32,33)30-13-7-6-8-20(30)3;/h9-12,16-17,20H,6-8,13-15H2,1-5H3;1H. The van der Waals surface area contributed by atoms with Gasteiger partial charge in [0.2, 0.25) is 10.0 Å². The predicted molar refractivity (Wildman–Crippen MR) is 150 cm³/mol. The van der Waals surface area contributed by atoms with Crippen molar-refractivity contribution >= 4 is 55.0 Å². The summed E-state index contributed by atoms with van der Waals surface area (Å²) in [4.78, 5) is 22.4. The number of carbonyl (C=O) groups excluding carboxylic acids is 1. The second kappa shape index (κ2) is 11.6. The molecule has 1 fully saturated rings. The van der Waals surface area contributed by atoms with Crippen LogP contribution in [0.3, 0.4) is 0 Å². The van der Waals surface area contributed by atoms with Gasteiger partial charge in [-0.05, 0) is 89.2 Å². The molecule has 1 aromatic heterocycles. The van der Waals surface area contributed by atoms with E-state index in [9.17, 15) is 13.2 Å². The number of piperidine rings is 1. The van der Waals surface area contributed by atoms with E-state index in [1.807, 2.05) is 38.9 Å². The molecule has 3 aromatic rings. The highest BCUT2D eigenvalue weighted by Gasteiger charge is 2.31. The van der Waals surface area contributed by atoms with Crippen molar-refractivity contribution in [3.63, 3.8) is 0 Å². The van der Waals surface area contributed by atoms with Gasteiger partial charge in [0.05, 0.1) is 15.1 Å². The molecule has 1 unspecified atom stereocenters. The number of fused-ring (bicyclic) bond motifs is 1. The van der Waals surface area contributed by atoms with Crippen molar-refractivity contribution in [1.82, 2.24) is 14.2 Å². The summed E-state index contributed by atoms with van der Waals surface area (Å²) in [6, 6.07) is 10.5. The minimum Gasteiger partial charge on any atom is -0.308 e. The number of rotatable bonds is 7. The monoisotopic (exact) mass is 550 g/mol. The number of sulfonamides is 1. The molecular formula is C26H35ClN4O3S2. The van der Waals surface area contributed by atoms with Crippen LogP contribution in [0.4, 0.5) is 5.13 Å². The molecule has 0 spiro atoms. The quantitative estimate of drug-likeness (QED) is 0.409. The molecular weight excluding hydrogens is 516 g/mol. The van der Waals surface area contributed by atoms with Gasteiger partial charge in [0, 0.05) is 31.2 Å². The van der Waals surface area contributed by atoms with Crippen LogP contribution >= 0.6 is 23.7 Å². The summed E-state index contributed by atoms with van der Waals surface area (Å²) >= 11 is 1.51. The second-order valence-corrected chi connectivity index (χ2v) is 12.5. The molecule has 0 saturated carbocycles. The molecule has 1 aliphatic heterocycles. The van der Waals surface area contributed by atoms with Crippen molar-refractivity contribution in [1.29, 1.82) is 0 Å². The van der Waals surface area contributed by atoms with E-state index in [1.54, 1.807) is 33.5 Å². The van der Waals surface area contributed by atoms with Crippen LogP contribution in [0.25, 0.3) is 10.2 Å². The van der Waals surface area contributed by atoms with E-state index in [1.165, 1.54) is 11.3 Å². The van der Waals surface area contributed by atoms with E-state index in [0.29, 0.717) is 30.3 Å². The van der Waals surface area contributed by atoms with Crippen LogP contribution in [0.2, 0.25) is 0 Å². The average Bonchev–Trinajstić information content (AvgIpc) is 3.23. The molecule has 0 radical (unpaired) electrons. The van der Waals surface area contributed by atoms with Gasteiger partial charge in [-0.3, -0.25) is 9.69 Å². The Labute approximate surface area is 224 Å². The van der Waals surface area contributed by atoms with E-state index in [2.05, 4.69) is 13.0 Å². The van der Waals surface area contributed by atoms with Gasteiger partial charge in [-0.25, -0.2) is 13.4 Å². The molecule has 10 heteroatoms. The summed E-state index contributed by atoms with van der Waals surface area (Å²) in [6.07, 6.45) is 2.80. The minimum atomic E-state index is -3.58. The molecule has 196 valence electrons. The maximum atomic E-state index is 13.6. The number of hydrogen-bond donors (Lipinski definition) is 0. The minimum absolute atomic E-state index is 0. The van der Waals surface area contributed by atoms with E-state index >= 15 is 0 Å². The number of anilines is 1. The third-order valence-corrected chi connectivity index (χ3v) is 9.76. The normalized spacial score (nSPS) is 16.8. The van der Waals surface area contributed by atoms with E-state index in [0.717, 1.165) is 40.6 Å². The summed E-state index contributed by atoms with van der Waals surface area (Å²) in [5.74, 6) is -0.185. The highest BCUT2D eigenvalue weighted by atomic mass is 35.5. The lowest BCUT2D eigenvalue weighted by Gasteiger charge is -2.32. The van der Waals surface area contributed by atoms with Gasteiger partial charge in [0.1, 0.15) is 0 Å². The molecule has 36 heavy (non-hydrogen) atoms. The second-order valence-electron chi connectivity index (χ2n) is 9.67. The lowest BCUT2D eigenvalue weighted by molar-refractivity contribution is 0.0985. The van der Waals surface area contributed by atoms with Crippen molar-refractivity contribution in [2.24, 2.45) is 0 Å². The van der Waals surface area contributed by atoms with Gasteiger partial charge in [-0.2, -0.15) is 4.31 Å². The molecule has 1 saturated heterocycles. The Morgan fingerprint density at radius 1 is 1.11 bits per heavy atom. The van der Waals surface area contributed by atoms with Crippen LogP contribution in [-0.4, -0.2) is 68.3 Å². The summed E-state index contributed by atoms with van der Waals surface area (Å²) < 4.78 is 29.0. The number of carbonyl (C=O) groups is 1.